The third-order valence-electron chi connectivity index (χ3n) is 3.08. The molecule has 0 aromatic heterocycles. The van der Waals surface area contributed by atoms with E-state index in [1.165, 1.54) is 18.2 Å². The Bertz CT molecular complexity index is 719. The third-order valence-corrected chi connectivity index (χ3v) is 3.08. The quantitative estimate of drug-likeness (QED) is 0.854. The van der Waals surface area contributed by atoms with Gasteiger partial charge in [0.2, 0.25) is 0 Å². The van der Waals surface area contributed by atoms with Crippen LogP contribution in [-0.4, -0.2) is 22.2 Å². The molecule has 0 fully saturated rings. The van der Waals surface area contributed by atoms with Crippen LogP contribution in [0.3, 0.4) is 0 Å². The minimum Gasteiger partial charge on any atom is -0.487 e. The van der Waals surface area contributed by atoms with E-state index in [0.717, 1.165) is 5.56 Å². The van der Waals surface area contributed by atoms with Gasteiger partial charge in [-0.2, -0.15) is 0 Å². The number of aromatic carboxylic acids is 2. The summed E-state index contributed by atoms with van der Waals surface area (Å²) in [5.41, 5.74) is 0.579. The highest BCUT2D eigenvalue weighted by molar-refractivity contribution is 6.04. The number of carbonyl (C=O) groups is 2. The zero-order valence-electron chi connectivity index (χ0n) is 11.7. The Hall–Kier alpha value is -3.08. The molecule has 2 rings (SSSR count). The fourth-order valence-electron chi connectivity index (χ4n) is 2.04. The Labute approximate surface area is 127 Å². The van der Waals surface area contributed by atoms with Gasteiger partial charge in [-0.05, 0) is 11.6 Å². The van der Waals surface area contributed by atoms with Crippen LogP contribution in [0.25, 0.3) is 6.08 Å². The number of hydrogen-bond donors (Lipinski definition) is 2. The Balaban J connectivity index is 2.47. The highest BCUT2D eigenvalue weighted by atomic mass is 16.5. The zero-order valence-corrected chi connectivity index (χ0v) is 11.7. The van der Waals surface area contributed by atoms with E-state index in [1.54, 1.807) is 0 Å². The summed E-state index contributed by atoms with van der Waals surface area (Å²) in [6, 6.07) is 11.9. The molecule has 5 nitrogen and oxygen atoms in total. The third kappa shape index (κ3) is 3.15. The van der Waals surface area contributed by atoms with Crippen molar-refractivity contribution in [2.24, 2.45) is 0 Å². The lowest BCUT2D eigenvalue weighted by Crippen LogP contribution is -2.12. The second kappa shape index (κ2) is 6.58. The van der Waals surface area contributed by atoms with Crippen LogP contribution in [0, 0.1) is 0 Å². The molecule has 2 N–H and O–H groups in total. The first-order valence-corrected chi connectivity index (χ1v) is 6.47. The second-order valence-electron chi connectivity index (χ2n) is 4.50. The van der Waals surface area contributed by atoms with Crippen LogP contribution in [0.15, 0.2) is 49.0 Å². The molecule has 22 heavy (non-hydrogen) atoms. The summed E-state index contributed by atoms with van der Waals surface area (Å²) in [4.78, 5) is 22.7. The monoisotopic (exact) mass is 298 g/mol. The maximum atomic E-state index is 11.4. The molecule has 2 aromatic rings. The Kier molecular flexibility index (Phi) is 4.58. The van der Waals surface area contributed by atoms with Gasteiger partial charge in [0.1, 0.15) is 17.9 Å². The van der Waals surface area contributed by atoms with Gasteiger partial charge in [-0.15, -0.1) is 0 Å². The van der Waals surface area contributed by atoms with E-state index in [1.807, 2.05) is 30.3 Å². The molecule has 0 heterocycles. The zero-order chi connectivity index (χ0) is 16.1. The predicted octanol–water partition coefficient (Wildman–Crippen LogP) is 3.31. The summed E-state index contributed by atoms with van der Waals surface area (Å²) in [5.74, 6) is -2.67. The molecule has 0 aliphatic carbocycles. The van der Waals surface area contributed by atoms with Crippen molar-refractivity contribution in [1.82, 2.24) is 0 Å². The van der Waals surface area contributed by atoms with Gasteiger partial charge in [0.05, 0.1) is 5.56 Å². The molecule has 2 aromatic carbocycles. The summed E-state index contributed by atoms with van der Waals surface area (Å²) in [7, 11) is 0. The van der Waals surface area contributed by atoms with Crippen LogP contribution in [0.1, 0.15) is 31.8 Å². The van der Waals surface area contributed by atoms with Crippen molar-refractivity contribution in [3.63, 3.8) is 0 Å². The average Bonchev–Trinajstić information content (AvgIpc) is 2.52. The molecule has 0 amide bonds. The first kappa shape index (κ1) is 15.3. The standard InChI is InChI=1S/C17H14O5/c1-2-12-8-9-13(16(18)19)14(17(20)21)15(12)22-10-11-6-4-3-5-7-11/h2-9H,1,10H2,(H,18,19)(H,20,21). The van der Waals surface area contributed by atoms with Crippen LogP contribution in [0.2, 0.25) is 0 Å². The number of benzene rings is 2. The summed E-state index contributed by atoms with van der Waals surface area (Å²) < 4.78 is 5.58. The highest BCUT2D eigenvalue weighted by Crippen LogP contribution is 2.29. The lowest BCUT2D eigenvalue weighted by atomic mass is 10.0. The van der Waals surface area contributed by atoms with Crippen molar-refractivity contribution in [2.75, 3.05) is 0 Å². The molecule has 0 aliphatic heterocycles. The molecule has 0 atom stereocenters. The van der Waals surface area contributed by atoms with Crippen molar-refractivity contribution in [3.8, 4) is 5.75 Å². The van der Waals surface area contributed by atoms with Gasteiger partial charge in [-0.25, -0.2) is 9.59 Å². The molecule has 0 aliphatic rings. The molecule has 0 bridgehead atoms. The summed E-state index contributed by atoms with van der Waals surface area (Å²) in [6.07, 6.45) is 1.43. The van der Waals surface area contributed by atoms with Crippen LogP contribution in [0.5, 0.6) is 5.75 Å². The van der Waals surface area contributed by atoms with Gasteiger partial charge >= 0.3 is 11.9 Å². The molecular formula is C17H14O5. The smallest absolute Gasteiger partial charge is 0.340 e. The van der Waals surface area contributed by atoms with Gasteiger partial charge < -0.3 is 14.9 Å². The maximum absolute atomic E-state index is 11.4. The van der Waals surface area contributed by atoms with Gasteiger partial charge in [0.15, 0.2) is 0 Å². The molecule has 112 valence electrons. The summed E-state index contributed by atoms with van der Waals surface area (Å²) >= 11 is 0. The molecule has 0 spiro atoms. The van der Waals surface area contributed by atoms with Gasteiger partial charge in [-0.3, -0.25) is 0 Å². The highest BCUT2D eigenvalue weighted by Gasteiger charge is 2.23. The first-order valence-electron chi connectivity index (χ1n) is 6.47. The lowest BCUT2D eigenvalue weighted by Gasteiger charge is -2.14. The Morgan fingerprint density at radius 1 is 1.05 bits per heavy atom. The Morgan fingerprint density at radius 2 is 1.73 bits per heavy atom. The summed E-state index contributed by atoms with van der Waals surface area (Å²) in [6.45, 7) is 3.73. The molecular weight excluding hydrogens is 284 g/mol. The minimum absolute atomic E-state index is 0.00579. The van der Waals surface area contributed by atoms with Gasteiger partial charge in [0.25, 0.3) is 0 Å². The largest absolute Gasteiger partial charge is 0.487 e. The fraction of sp³-hybridized carbons (Fsp3) is 0.0588. The topological polar surface area (TPSA) is 83.8 Å². The number of carboxylic acids is 2. The lowest BCUT2D eigenvalue weighted by molar-refractivity contribution is 0.0647. The van der Waals surface area contributed by atoms with Crippen molar-refractivity contribution < 1.29 is 24.5 Å². The van der Waals surface area contributed by atoms with Crippen LogP contribution < -0.4 is 4.74 Å². The minimum atomic E-state index is -1.36. The van der Waals surface area contributed by atoms with E-state index in [-0.39, 0.29) is 23.5 Å². The second-order valence-corrected chi connectivity index (χ2v) is 4.50. The number of hydrogen-bond acceptors (Lipinski definition) is 3. The van der Waals surface area contributed by atoms with Crippen molar-refractivity contribution in [3.05, 3.63) is 71.3 Å². The maximum Gasteiger partial charge on any atom is 0.340 e. The van der Waals surface area contributed by atoms with E-state index < -0.39 is 11.9 Å². The van der Waals surface area contributed by atoms with Crippen LogP contribution in [-0.2, 0) is 6.61 Å². The first-order chi connectivity index (χ1) is 10.5. The number of carboxylic acid groups (broad SMARTS) is 2. The fourth-order valence-corrected chi connectivity index (χ4v) is 2.04. The normalized spacial score (nSPS) is 10.0. The molecule has 5 heteroatoms. The van der Waals surface area contributed by atoms with Crippen LogP contribution >= 0.6 is 0 Å². The molecule has 0 radical (unpaired) electrons. The van der Waals surface area contributed by atoms with Crippen molar-refractivity contribution in [2.45, 2.75) is 6.61 Å². The molecule has 0 saturated heterocycles. The molecule has 0 saturated carbocycles. The van der Waals surface area contributed by atoms with E-state index in [0.29, 0.717) is 5.56 Å². The van der Waals surface area contributed by atoms with Crippen molar-refractivity contribution in [1.29, 1.82) is 0 Å². The average molecular weight is 298 g/mol. The van der Waals surface area contributed by atoms with Gasteiger partial charge in [-0.1, -0.05) is 49.1 Å². The molecule has 0 unspecified atom stereocenters. The van der Waals surface area contributed by atoms with Crippen molar-refractivity contribution >= 4 is 18.0 Å². The predicted molar refractivity (Wildman–Crippen MR) is 81.2 cm³/mol. The Morgan fingerprint density at radius 3 is 2.27 bits per heavy atom. The number of rotatable bonds is 6. The SMILES string of the molecule is C=Cc1ccc(C(=O)O)c(C(=O)O)c1OCc1ccccc1. The number of ether oxygens (including phenoxy) is 1. The van der Waals surface area contributed by atoms with Crippen LogP contribution in [0.4, 0.5) is 0 Å². The summed E-state index contributed by atoms with van der Waals surface area (Å²) in [5, 5.41) is 18.5. The van der Waals surface area contributed by atoms with E-state index in [9.17, 15) is 14.7 Å². The van der Waals surface area contributed by atoms with E-state index in [4.69, 9.17) is 9.84 Å². The van der Waals surface area contributed by atoms with E-state index in [2.05, 4.69) is 6.58 Å². The van der Waals surface area contributed by atoms with Gasteiger partial charge in [0, 0.05) is 5.56 Å². The van der Waals surface area contributed by atoms with E-state index >= 15 is 0 Å².